The molecule has 9 aromatic carbocycles. The van der Waals surface area contributed by atoms with Gasteiger partial charge in [-0.15, -0.1) is 0 Å². The molecule has 268 valence electrons. The maximum Gasteiger partial charge on any atom is 0.161 e. The molecule has 0 N–H and O–H groups in total. The van der Waals surface area contributed by atoms with E-state index in [1.807, 2.05) is 6.07 Å². The molecule has 0 bridgehead atoms. The van der Waals surface area contributed by atoms with Gasteiger partial charge in [0.05, 0.1) is 11.4 Å². The van der Waals surface area contributed by atoms with Gasteiger partial charge in [0.15, 0.2) is 5.82 Å². The maximum absolute atomic E-state index is 5.31. The van der Waals surface area contributed by atoms with Crippen LogP contribution in [-0.4, -0.2) is 9.97 Å². The first-order valence-electron chi connectivity index (χ1n) is 19.7. The van der Waals surface area contributed by atoms with Crippen LogP contribution in [0.15, 0.2) is 194 Å². The van der Waals surface area contributed by atoms with Crippen molar-refractivity contribution in [3.05, 3.63) is 205 Å². The molecular weight excluding hydrogens is 689 g/mol. The van der Waals surface area contributed by atoms with E-state index in [0.717, 1.165) is 33.5 Å². The van der Waals surface area contributed by atoms with Gasteiger partial charge in [0.1, 0.15) is 0 Å². The lowest BCUT2D eigenvalue weighted by molar-refractivity contribution is 0.668. The monoisotopic (exact) mass is 726 g/mol. The molecule has 0 saturated carbocycles. The van der Waals surface area contributed by atoms with Crippen molar-refractivity contribution in [3.8, 4) is 67.3 Å². The molecule has 10 aromatic rings. The summed E-state index contributed by atoms with van der Waals surface area (Å²) in [4.78, 5) is 10.5. The number of hydrogen-bond acceptors (Lipinski definition) is 2. The molecule has 0 unspecified atom stereocenters. The highest BCUT2D eigenvalue weighted by Crippen LogP contribution is 2.54. The second-order valence-corrected chi connectivity index (χ2v) is 15.7. The minimum absolute atomic E-state index is 0.139. The molecule has 0 fully saturated rings. The van der Waals surface area contributed by atoms with Crippen molar-refractivity contribution in [1.82, 2.24) is 9.97 Å². The van der Waals surface area contributed by atoms with Crippen LogP contribution < -0.4 is 0 Å². The van der Waals surface area contributed by atoms with Gasteiger partial charge in [-0.25, -0.2) is 9.97 Å². The summed E-state index contributed by atoms with van der Waals surface area (Å²) in [5.74, 6) is 0.715. The van der Waals surface area contributed by atoms with Crippen molar-refractivity contribution in [2.45, 2.75) is 19.3 Å². The molecule has 0 amide bonds. The summed E-state index contributed by atoms with van der Waals surface area (Å²) in [7, 11) is 0. The van der Waals surface area contributed by atoms with Crippen molar-refractivity contribution in [2.24, 2.45) is 0 Å². The average Bonchev–Trinajstić information content (AvgIpc) is 3.52. The summed E-state index contributed by atoms with van der Waals surface area (Å²) < 4.78 is 0. The van der Waals surface area contributed by atoms with Crippen LogP contribution in [0.4, 0.5) is 0 Å². The Bertz CT molecular complexity index is 3190. The maximum atomic E-state index is 5.31. The van der Waals surface area contributed by atoms with Crippen molar-refractivity contribution in [2.75, 3.05) is 0 Å². The Kier molecular flexibility index (Phi) is 7.55. The summed E-state index contributed by atoms with van der Waals surface area (Å²) in [5.41, 5.74) is 15.2. The second kappa shape index (κ2) is 13.0. The van der Waals surface area contributed by atoms with E-state index in [4.69, 9.17) is 9.97 Å². The predicted octanol–water partition coefficient (Wildman–Crippen LogP) is 14.6. The normalized spacial score (nSPS) is 12.9. The molecule has 1 aromatic heterocycles. The number of nitrogens with zero attached hydrogens (tertiary/aromatic N) is 2. The third-order valence-electron chi connectivity index (χ3n) is 12.1. The molecule has 0 atom stereocenters. The van der Waals surface area contributed by atoms with Gasteiger partial charge in [0.2, 0.25) is 0 Å². The van der Waals surface area contributed by atoms with Crippen LogP contribution in [-0.2, 0) is 5.41 Å². The topological polar surface area (TPSA) is 25.8 Å². The fourth-order valence-electron chi connectivity index (χ4n) is 9.47. The lowest BCUT2D eigenvalue weighted by atomic mass is 9.77. The molecule has 1 heterocycles. The van der Waals surface area contributed by atoms with Crippen molar-refractivity contribution < 1.29 is 0 Å². The second-order valence-electron chi connectivity index (χ2n) is 15.7. The van der Waals surface area contributed by atoms with E-state index in [2.05, 4.69) is 202 Å². The predicted molar refractivity (Wildman–Crippen MR) is 239 cm³/mol. The highest BCUT2D eigenvalue weighted by Gasteiger charge is 2.38. The first-order valence-corrected chi connectivity index (χ1v) is 19.7. The van der Waals surface area contributed by atoms with Gasteiger partial charge in [-0.05, 0) is 89.0 Å². The minimum atomic E-state index is -0.139. The summed E-state index contributed by atoms with van der Waals surface area (Å²) in [5, 5.41) is 7.30. The van der Waals surface area contributed by atoms with Crippen LogP contribution in [0.5, 0.6) is 0 Å². The van der Waals surface area contributed by atoms with E-state index in [1.54, 1.807) is 0 Å². The van der Waals surface area contributed by atoms with E-state index in [-0.39, 0.29) is 5.41 Å². The zero-order valence-corrected chi connectivity index (χ0v) is 31.9. The number of benzene rings is 9. The van der Waals surface area contributed by atoms with Crippen molar-refractivity contribution in [1.29, 1.82) is 0 Å². The van der Waals surface area contributed by atoms with Gasteiger partial charge in [-0.2, -0.15) is 0 Å². The van der Waals surface area contributed by atoms with Gasteiger partial charge in [-0.3, -0.25) is 0 Å². The van der Waals surface area contributed by atoms with Gasteiger partial charge < -0.3 is 0 Å². The smallest absolute Gasteiger partial charge is 0.161 e. The fourth-order valence-corrected chi connectivity index (χ4v) is 9.47. The highest BCUT2D eigenvalue weighted by molar-refractivity contribution is 6.05. The number of hydrogen-bond donors (Lipinski definition) is 0. The zero-order chi connectivity index (χ0) is 38.1. The molecule has 0 saturated heterocycles. The standard InChI is InChI=1S/C55H38N2/c1-55(2)52-43(23-13-25-47(52)48-31-30-36-15-7-9-20-42(36)53(48)55)38-28-26-37(27-29-38)41-32-33-49(45-22-11-10-21-44(41)45)54-56-50(39-16-4-3-5-17-39)34-51(57-54)46-24-12-18-35-14-6-8-19-40(35)46/h3-34H,1-2H3. The SMILES string of the molecule is CC1(C)c2c(-c3ccc(-c4ccc(-c5nc(-c6ccccc6)cc(-c6cccc7ccccc67)n5)c5ccccc45)cc3)cccc2-c2ccc3ccccc3c21. The van der Waals surface area contributed by atoms with Crippen LogP contribution in [0.3, 0.4) is 0 Å². The Morgan fingerprint density at radius 3 is 1.60 bits per heavy atom. The Labute approximate surface area is 332 Å². The summed E-state index contributed by atoms with van der Waals surface area (Å²) >= 11 is 0. The minimum Gasteiger partial charge on any atom is -0.228 e. The molecule has 0 spiro atoms. The molecular formula is C55H38N2. The number of fused-ring (bicyclic) bond motifs is 7. The Morgan fingerprint density at radius 1 is 0.316 bits per heavy atom. The van der Waals surface area contributed by atoms with E-state index < -0.39 is 0 Å². The van der Waals surface area contributed by atoms with E-state index in [0.29, 0.717) is 5.82 Å². The first-order chi connectivity index (χ1) is 28.0. The van der Waals surface area contributed by atoms with Crippen LogP contribution in [0.1, 0.15) is 25.0 Å². The van der Waals surface area contributed by atoms with Crippen LogP contribution >= 0.6 is 0 Å². The molecule has 0 aliphatic heterocycles. The molecule has 57 heavy (non-hydrogen) atoms. The van der Waals surface area contributed by atoms with Gasteiger partial charge in [0, 0.05) is 22.1 Å². The Hall–Kier alpha value is -7.16. The van der Waals surface area contributed by atoms with Crippen molar-refractivity contribution in [3.63, 3.8) is 0 Å². The van der Waals surface area contributed by atoms with Crippen LogP contribution in [0, 0.1) is 0 Å². The lowest BCUT2D eigenvalue weighted by Crippen LogP contribution is -2.16. The highest BCUT2D eigenvalue weighted by atomic mass is 14.9. The fraction of sp³-hybridized carbons (Fsp3) is 0.0545. The van der Waals surface area contributed by atoms with Crippen molar-refractivity contribution >= 4 is 32.3 Å². The third-order valence-corrected chi connectivity index (χ3v) is 12.1. The zero-order valence-electron chi connectivity index (χ0n) is 31.9. The summed E-state index contributed by atoms with van der Waals surface area (Å²) in [6, 6.07) is 70.0. The summed E-state index contributed by atoms with van der Waals surface area (Å²) in [6.07, 6.45) is 0. The quantitative estimate of drug-likeness (QED) is 0.176. The molecule has 1 aliphatic carbocycles. The van der Waals surface area contributed by atoms with E-state index in [9.17, 15) is 0 Å². The van der Waals surface area contributed by atoms with Gasteiger partial charge in [0.25, 0.3) is 0 Å². The van der Waals surface area contributed by atoms with Crippen LogP contribution in [0.2, 0.25) is 0 Å². The van der Waals surface area contributed by atoms with Gasteiger partial charge >= 0.3 is 0 Å². The van der Waals surface area contributed by atoms with E-state index in [1.165, 1.54) is 71.4 Å². The lowest BCUT2D eigenvalue weighted by Gasteiger charge is -2.26. The molecule has 1 aliphatic rings. The summed E-state index contributed by atoms with van der Waals surface area (Å²) in [6.45, 7) is 4.78. The molecule has 0 radical (unpaired) electrons. The number of rotatable bonds is 5. The number of aromatic nitrogens is 2. The molecule has 2 heteroatoms. The van der Waals surface area contributed by atoms with Gasteiger partial charge in [-0.1, -0.05) is 196 Å². The molecule has 2 nitrogen and oxygen atoms in total. The largest absolute Gasteiger partial charge is 0.228 e. The van der Waals surface area contributed by atoms with Crippen LogP contribution in [0.25, 0.3) is 99.6 Å². The average molecular weight is 727 g/mol. The Balaban J connectivity index is 1.02. The van der Waals surface area contributed by atoms with E-state index >= 15 is 0 Å². The third kappa shape index (κ3) is 5.33. The first kappa shape index (κ1) is 33.2. The molecule has 11 rings (SSSR count). The Morgan fingerprint density at radius 2 is 0.825 bits per heavy atom.